The minimum atomic E-state index is -0.317. The number of hydrogen-bond acceptors (Lipinski definition) is 4. The van der Waals surface area contributed by atoms with Gasteiger partial charge in [0.1, 0.15) is 10.6 Å². The highest BCUT2D eigenvalue weighted by Crippen LogP contribution is 2.45. The van der Waals surface area contributed by atoms with Gasteiger partial charge in [0, 0.05) is 27.9 Å². The lowest BCUT2D eigenvalue weighted by Crippen LogP contribution is -2.61. The number of fused-ring (bicyclic) bond motifs is 2. The van der Waals surface area contributed by atoms with Gasteiger partial charge in [0.05, 0.1) is 6.54 Å². The zero-order chi connectivity index (χ0) is 17.0. The molecule has 4 saturated heterocycles. The molecule has 0 N–H and O–H groups in total. The van der Waals surface area contributed by atoms with E-state index in [2.05, 4.69) is 4.90 Å². The van der Waals surface area contributed by atoms with Crippen LogP contribution in [0.15, 0.2) is 36.4 Å². The van der Waals surface area contributed by atoms with Crippen LogP contribution >= 0.6 is 22.9 Å². The lowest BCUT2D eigenvalue weighted by Gasteiger charge is -2.49. The van der Waals surface area contributed by atoms with Crippen molar-refractivity contribution in [1.29, 1.82) is 0 Å². The van der Waals surface area contributed by atoms with Crippen LogP contribution in [0.5, 0.6) is 0 Å². The Balaban J connectivity index is 1.43. The number of halogens is 1. The van der Waals surface area contributed by atoms with E-state index in [0.29, 0.717) is 12.5 Å². The molecule has 130 valence electrons. The molecular weight excluding hydrogens is 356 g/mol. The second-order valence-corrected chi connectivity index (χ2v) is 8.66. The molecule has 1 amide bonds. The largest absolute Gasteiger partial charge is 0.439 e. The van der Waals surface area contributed by atoms with E-state index < -0.39 is 0 Å². The summed E-state index contributed by atoms with van der Waals surface area (Å²) in [7, 11) is 0. The van der Waals surface area contributed by atoms with E-state index in [1.165, 1.54) is 0 Å². The fourth-order valence-electron chi connectivity index (χ4n) is 4.46. The van der Waals surface area contributed by atoms with Crippen LogP contribution in [0.25, 0.3) is 10.4 Å². The van der Waals surface area contributed by atoms with Crippen molar-refractivity contribution in [3.8, 4) is 10.4 Å². The highest BCUT2D eigenvalue weighted by Gasteiger charge is 2.55. The summed E-state index contributed by atoms with van der Waals surface area (Å²) >= 11 is 7.91. The van der Waals surface area contributed by atoms with Crippen molar-refractivity contribution < 1.29 is 9.53 Å². The zero-order valence-corrected chi connectivity index (χ0v) is 15.4. The van der Waals surface area contributed by atoms with E-state index in [1.54, 1.807) is 11.3 Å². The quantitative estimate of drug-likeness (QED) is 0.776. The number of piperidine rings is 3. The van der Waals surface area contributed by atoms with Gasteiger partial charge in [-0.05, 0) is 44.1 Å². The van der Waals surface area contributed by atoms with Gasteiger partial charge in [-0.25, -0.2) is 4.79 Å². The van der Waals surface area contributed by atoms with Crippen molar-refractivity contribution in [3.05, 3.63) is 41.4 Å². The van der Waals surface area contributed by atoms with Gasteiger partial charge in [0.2, 0.25) is 0 Å². The third kappa shape index (κ3) is 2.48. The van der Waals surface area contributed by atoms with Crippen LogP contribution in [0.2, 0.25) is 5.02 Å². The van der Waals surface area contributed by atoms with Crippen molar-refractivity contribution in [2.45, 2.75) is 18.4 Å². The molecule has 0 aliphatic carbocycles. The van der Waals surface area contributed by atoms with Gasteiger partial charge in [-0.1, -0.05) is 29.8 Å². The number of ether oxygens (including phenoxy) is 1. The van der Waals surface area contributed by atoms with Gasteiger partial charge in [-0.15, -0.1) is 11.3 Å². The Hall–Kier alpha value is -1.56. The Morgan fingerprint density at radius 3 is 2.64 bits per heavy atom. The number of nitrogens with zero attached hydrogens (tertiary/aromatic N) is 2. The van der Waals surface area contributed by atoms with Crippen molar-refractivity contribution >= 4 is 34.0 Å². The van der Waals surface area contributed by atoms with E-state index in [0.717, 1.165) is 52.9 Å². The molecule has 4 nitrogen and oxygen atoms in total. The summed E-state index contributed by atoms with van der Waals surface area (Å²) in [6.07, 6.45) is 2.06. The van der Waals surface area contributed by atoms with Crippen LogP contribution < -0.4 is 4.90 Å². The monoisotopic (exact) mass is 374 g/mol. The van der Waals surface area contributed by atoms with Crippen LogP contribution in [0.4, 0.5) is 9.80 Å². The maximum atomic E-state index is 12.6. The summed E-state index contributed by atoms with van der Waals surface area (Å²) in [4.78, 5) is 17.9. The fourth-order valence-corrected chi connectivity index (χ4v) is 5.79. The summed E-state index contributed by atoms with van der Waals surface area (Å²) in [5, 5.41) is 1.67. The standard InChI is InChI=1S/C19H19ClN2O2S/c20-15-4-2-1-3-14(15)16-5-6-17(25-16)22-12-19(24-18(22)23)11-21-9-7-13(19)8-10-21/h1-6,13H,7-12H2/t19-/m0/s1. The highest BCUT2D eigenvalue weighted by molar-refractivity contribution is 7.19. The highest BCUT2D eigenvalue weighted by atomic mass is 35.5. The third-order valence-electron chi connectivity index (χ3n) is 5.76. The molecule has 0 radical (unpaired) electrons. The van der Waals surface area contributed by atoms with Crippen LogP contribution in [0, 0.1) is 5.92 Å². The number of anilines is 1. The zero-order valence-electron chi connectivity index (χ0n) is 13.8. The summed E-state index contributed by atoms with van der Waals surface area (Å²) in [6, 6.07) is 11.8. The normalized spacial score (nSPS) is 30.9. The first-order valence-corrected chi connectivity index (χ1v) is 9.92. The van der Waals surface area contributed by atoms with Crippen molar-refractivity contribution in [3.63, 3.8) is 0 Å². The van der Waals surface area contributed by atoms with Gasteiger partial charge < -0.3 is 4.74 Å². The Labute approximate surface area is 155 Å². The van der Waals surface area contributed by atoms with Gasteiger partial charge in [-0.2, -0.15) is 0 Å². The molecule has 4 aliphatic rings. The summed E-state index contributed by atoms with van der Waals surface area (Å²) in [5.41, 5.74) is 0.688. The van der Waals surface area contributed by atoms with Crippen LogP contribution in [0.1, 0.15) is 12.8 Å². The molecule has 5 heterocycles. The molecule has 6 heteroatoms. The molecule has 2 bridgehead atoms. The molecule has 6 rings (SSSR count). The second kappa shape index (κ2) is 5.73. The maximum absolute atomic E-state index is 12.6. The Morgan fingerprint density at radius 1 is 1.12 bits per heavy atom. The van der Waals surface area contributed by atoms with Crippen molar-refractivity contribution in [2.24, 2.45) is 5.92 Å². The van der Waals surface area contributed by atoms with Crippen LogP contribution in [-0.2, 0) is 4.74 Å². The first kappa shape index (κ1) is 15.7. The Kier molecular flexibility index (Phi) is 3.59. The van der Waals surface area contributed by atoms with Crippen molar-refractivity contribution in [1.82, 2.24) is 4.90 Å². The third-order valence-corrected chi connectivity index (χ3v) is 7.23. The van der Waals surface area contributed by atoms with E-state index >= 15 is 0 Å². The molecular formula is C19H19ClN2O2S. The molecule has 1 aromatic carbocycles. The first-order valence-electron chi connectivity index (χ1n) is 8.72. The average molecular weight is 375 g/mol. The van der Waals surface area contributed by atoms with Gasteiger partial charge in [-0.3, -0.25) is 9.80 Å². The molecule has 0 saturated carbocycles. The number of thiophene rings is 1. The number of carbonyl (C=O) groups is 1. The SMILES string of the molecule is O=C1O[C@@]2(CN3CCC2CC3)CN1c1ccc(-c2ccccc2Cl)s1. The molecule has 4 fully saturated rings. The molecule has 4 aliphatic heterocycles. The molecule has 1 aromatic heterocycles. The number of benzene rings is 1. The number of amides is 1. The Morgan fingerprint density at radius 2 is 1.92 bits per heavy atom. The van der Waals surface area contributed by atoms with E-state index in [9.17, 15) is 4.79 Å². The summed E-state index contributed by atoms with van der Waals surface area (Å²) in [6.45, 7) is 3.82. The van der Waals surface area contributed by atoms with Gasteiger partial charge in [0.15, 0.2) is 0 Å². The molecule has 1 spiro atoms. The first-order chi connectivity index (χ1) is 12.1. The Bertz CT molecular complexity index is 830. The van der Waals surface area contributed by atoms with Crippen LogP contribution in [0.3, 0.4) is 0 Å². The molecule has 0 unspecified atom stereocenters. The van der Waals surface area contributed by atoms with Crippen LogP contribution in [-0.4, -0.2) is 42.8 Å². The smallest absolute Gasteiger partial charge is 0.415 e. The predicted molar refractivity (Wildman–Crippen MR) is 100 cm³/mol. The lowest BCUT2D eigenvalue weighted by molar-refractivity contribution is -0.0881. The van der Waals surface area contributed by atoms with Gasteiger partial charge in [0.25, 0.3) is 0 Å². The second-order valence-electron chi connectivity index (χ2n) is 7.19. The van der Waals surface area contributed by atoms with E-state index in [4.69, 9.17) is 16.3 Å². The minimum absolute atomic E-state index is 0.207. The minimum Gasteiger partial charge on any atom is -0.439 e. The number of rotatable bonds is 2. The molecule has 2 aromatic rings. The molecule has 1 atom stereocenters. The lowest BCUT2D eigenvalue weighted by atomic mass is 9.75. The topological polar surface area (TPSA) is 32.8 Å². The van der Waals surface area contributed by atoms with Crippen molar-refractivity contribution in [2.75, 3.05) is 31.1 Å². The number of carbonyl (C=O) groups excluding carboxylic acids is 1. The average Bonchev–Trinajstić information content (AvgIpc) is 3.21. The number of hydrogen-bond donors (Lipinski definition) is 0. The molecule has 25 heavy (non-hydrogen) atoms. The van der Waals surface area contributed by atoms with E-state index in [1.807, 2.05) is 41.3 Å². The van der Waals surface area contributed by atoms with E-state index in [-0.39, 0.29) is 11.7 Å². The summed E-state index contributed by atoms with van der Waals surface area (Å²) in [5.74, 6) is 0.495. The fraction of sp³-hybridized carbons (Fsp3) is 0.421. The predicted octanol–water partition coefficient (Wildman–Crippen LogP) is 4.49. The van der Waals surface area contributed by atoms with Gasteiger partial charge >= 0.3 is 6.09 Å². The maximum Gasteiger partial charge on any atom is 0.415 e. The summed E-state index contributed by atoms with van der Waals surface area (Å²) < 4.78 is 5.96.